The highest BCUT2D eigenvalue weighted by Gasteiger charge is 2.25. The van der Waals surface area contributed by atoms with Crippen molar-refractivity contribution in [3.05, 3.63) is 48.5 Å². The Labute approximate surface area is 118 Å². The number of carbonyl (C=O) groups excluding carboxylic acids is 1. The molecule has 1 aromatic rings. The number of rotatable bonds is 2. The molecule has 1 N–H and O–H groups in total. The van der Waals surface area contributed by atoms with E-state index in [2.05, 4.69) is 22.5 Å². The van der Waals surface area contributed by atoms with Crippen molar-refractivity contribution in [2.75, 3.05) is 32.0 Å². The number of carbonyl (C=O) groups is 1. The van der Waals surface area contributed by atoms with Crippen LogP contribution in [0.3, 0.4) is 0 Å². The Morgan fingerprint density at radius 3 is 3.05 bits per heavy atom. The van der Waals surface area contributed by atoms with Crippen molar-refractivity contribution in [2.45, 2.75) is 6.04 Å². The summed E-state index contributed by atoms with van der Waals surface area (Å²) in [5.74, 6) is -0.367. The first kappa shape index (κ1) is 14.3. The van der Waals surface area contributed by atoms with E-state index in [0.29, 0.717) is 18.8 Å². The molecule has 0 spiro atoms. The molecule has 0 aromatic heterocycles. The van der Waals surface area contributed by atoms with Crippen molar-refractivity contribution in [1.29, 1.82) is 0 Å². The largest absolute Gasteiger partial charge is 0.321 e. The van der Waals surface area contributed by atoms with Gasteiger partial charge >= 0.3 is 6.03 Å². The lowest BCUT2D eigenvalue weighted by Crippen LogP contribution is -2.53. The van der Waals surface area contributed by atoms with Gasteiger partial charge in [0.05, 0.1) is 6.04 Å². The second-order valence-electron chi connectivity index (χ2n) is 4.81. The monoisotopic (exact) mass is 275 g/mol. The van der Waals surface area contributed by atoms with E-state index in [1.54, 1.807) is 17.0 Å². The topological polar surface area (TPSA) is 35.6 Å². The number of hydrogen-bond acceptors (Lipinski definition) is 2. The van der Waals surface area contributed by atoms with E-state index in [4.69, 9.17) is 0 Å². The van der Waals surface area contributed by atoms with E-state index >= 15 is 0 Å². The maximum absolute atomic E-state index is 13.1. The number of nitrogens with one attached hydrogen (secondary N) is 1. The Hall–Kier alpha value is -2.10. The number of halogens is 1. The lowest BCUT2D eigenvalue weighted by atomic mass is 10.2. The highest BCUT2D eigenvalue weighted by atomic mass is 19.1. The zero-order valence-corrected chi connectivity index (χ0v) is 11.5. The second kappa shape index (κ2) is 6.37. The smallest absolute Gasteiger partial charge is 0.321 e. The highest BCUT2D eigenvalue weighted by Crippen LogP contribution is 2.13. The van der Waals surface area contributed by atoms with E-state index in [1.807, 2.05) is 13.1 Å². The van der Waals surface area contributed by atoms with E-state index in [-0.39, 0.29) is 17.9 Å². The molecule has 4 nitrogen and oxygen atoms in total. The lowest BCUT2D eigenvalue weighted by Gasteiger charge is -2.37. The summed E-state index contributed by atoms with van der Waals surface area (Å²) in [7, 11) is 2.00. The molecule has 1 saturated heterocycles. The third-order valence-corrected chi connectivity index (χ3v) is 3.37. The highest BCUT2D eigenvalue weighted by molar-refractivity contribution is 5.89. The minimum absolute atomic E-state index is 0.111. The molecule has 1 heterocycles. The molecule has 1 aliphatic heterocycles. The van der Waals surface area contributed by atoms with Crippen molar-refractivity contribution in [1.82, 2.24) is 9.80 Å². The van der Waals surface area contributed by atoms with Gasteiger partial charge in [-0.3, -0.25) is 4.90 Å². The van der Waals surface area contributed by atoms with Crippen LogP contribution in [0.5, 0.6) is 0 Å². The van der Waals surface area contributed by atoms with E-state index in [1.165, 1.54) is 12.1 Å². The molecule has 0 aliphatic carbocycles. The Morgan fingerprint density at radius 1 is 1.55 bits per heavy atom. The quantitative estimate of drug-likeness (QED) is 0.841. The van der Waals surface area contributed by atoms with Crippen LogP contribution in [-0.4, -0.2) is 48.6 Å². The van der Waals surface area contributed by atoms with Gasteiger partial charge in [-0.25, -0.2) is 9.18 Å². The molecule has 2 amide bonds. The third-order valence-electron chi connectivity index (χ3n) is 3.37. The van der Waals surface area contributed by atoms with Gasteiger partial charge in [-0.1, -0.05) is 12.6 Å². The average molecular weight is 275 g/mol. The van der Waals surface area contributed by atoms with Crippen LogP contribution in [0.1, 0.15) is 0 Å². The third kappa shape index (κ3) is 3.47. The molecule has 2 rings (SSSR count). The first-order valence-corrected chi connectivity index (χ1v) is 6.48. The minimum atomic E-state index is -0.367. The minimum Gasteiger partial charge on any atom is -0.321 e. The van der Waals surface area contributed by atoms with Crippen molar-refractivity contribution in [3.8, 4) is 0 Å². The molecule has 1 atom stereocenters. The van der Waals surface area contributed by atoms with Crippen LogP contribution >= 0.6 is 0 Å². The van der Waals surface area contributed by atoms with Gasteiger partial charge in [0.1, 0.15) is 5.82 Å². The fraction of sp³-hybridized carbons (Fsp3) is 0.333. The number of anilines is 1. The van der Waals surface area contributed by atoms with Crippen LogP contribution < -0.4 is 5.32 Å². The molecule has 1 unspecified atom stereocenters. The fourth-order valence-electron chi connectivity index (χ4n) is 2.17. The van der Waals surface area contributed by atoms with Crippen LogP contribution in [0.15, 0.2) is 42.7 Å². The zero-order valence-electron chi connectivity index (χ0n) is 11.5. The van der Waals surface area contributed by atoms with Gasteiger partial charge in [0, 0.05) is 25.3 Å². The van der Waals surface area contributed by atoms with Crippen molar-refractivity contribution in [3.63, 3.8) is 0 Å². The number of hydrogen-bond donors (Lipinski definition) is 1. The van der Waals surface area contributed by atoms with Gasteiger partial charge in [0.2, 0.25) is 0 Å². The average Bonchev–Trinajstić information content (AvgIpc) is 2.41. The fourth-order valence-corrected chi connectivity index (χ4v) is 2.17. The maximum Gasteiger partial charge on any atom is 0.321 e. The normalized spacial score (nSPS) is 19.3. The molecule has 1 fully saturated rings. The van der Waals surface area contributed by atoms with Gasteiger partial charge in [-0.2, -0.15) is 0 Å². The summed E-state index contributed by atoms with van der Waals surface area (Å²) in [6, 6.07) is 5.77. The molecule has 5 heteroatoms. The summed E-state index contributed by atoms with van der Waals surface area (Å²) in [6.07, 6.45) is 1.85. The Bertz CT molecular complexity index is 540. The molecule has 0 bridgehead atoms. The van der Waals surface area contributed by atoms with E-state index in [0.717, 1.165) is 6.54 Å². The molecule has 0 saturated carbocycles. The van der Waals surface area contributed by atoms with Gasteiger partial charge in [-0.05, 0) is 31.3 Å². The van der Waals surface area contributed by atoms with Crippen molar-refractivity contribution < 1.29 is 9.18 Å². The van der Waals surface area contributed by atoms with Crippen molar-refractivity contribution >= 4 is 11.7 Å². The van der Waals surface area contributed by atoms with Gasteiger partial charge in [0.25, 0.3) is 0 Å². The summed E-state index contributed by atoms with van der Waals surface area (Å²) >= 11 is 0. The molecule has 1 aromatic carbocycles. The van der Waals surface area contributed by atoms with Crippen LogP contribution in [0.2, 0.25) is 0 Å². The standard InChI is InChI=1S/C15H18FN3O/c1-3-5-14-11-19(9-8-18(14)2)15(20)17-13-7-4-6-12(16)10-13/h4-7,10,14H,1,8-9,11H2,2H3,(H,17,20). The first-order chi connectivity index (χ1) is 9.60. The van der Waals surface area contributed by atoms with Gasteiger partial charge in [-0.15, -0.1) is 5.73 Å². The Kier molecular flexibility index (Phi) is 4.56. The van der Waals surface area contributed by atoms with Crippen molar-refractivity contribution in [2.24, 2.45) is 0 Å². The first-order valence-electron chi connectivity index (χ1n) is 6.48. The summed E-state index contributed by atoms with van der Waals surface area (Å²) in [5.41, 5.74) is 3.22. The maximum atomic E-state index is 13.1. The van der Waals surface area contributed by atoms with Gasteiger partial charge in [0.15, 0.2) is 0 Å². The molecule has 0 radical (unpaired) electrons. The number of amides is 2. The molecular formula is C15H18FN3O. The predicted octanol–water partition coefficient (Wildman–Crippen LogP) is 2.31. The molecule has 106 valence electrons. The zero-order chi connectivity index (χ0) is 14.5. The van der Waals surface area contributed by atoms with E-state index in [9.17, 15) is 9.18 Å². The van der Waals surface area contributed by atoms with E-state index < -0.39 is 0 Å². The molecular weight excluding hydrogens is 257 g/mol. The number of piperazine rings is 1. The summed E-state index contributed by atoms with van der Waals surface area (Å²) in [5, 5.41) is 2.71. The molecule has 20 heavy (non-hydrogen) atoms. The number of nitrogens with zero attached hydrogens (tertiary/aromatic N) is 2. The number of benzene rings is 1. The Balaban J connectivity index is 2.00. The SMILES string of the molecule is C=C=CC1CN(C(=O)Nc2cccc(F)c2)CCN1C. The second-order valence-corrected chi connectivity index (χ2v) is 4.81. The predicted molar refractivity (Wildman–Crippen MR) is 77.1 cm³/mol. The van der Waals surface area contributed by atoms with Crippen LogP contribution in [0.25, 0.3) is 0 Å². The Morgan fingerprint density at radius 2 is 2.35 bits per heavy atom. The van der Waals surface area contributed by atoms with Gasteiger partial charge < -0.3 is 10.2 Å². The lowest BCUT2D eigenvalue weighted by molar-refractivity contribution is 0.137. The number of likely N-dealkylation sites (N-methyl/N-ethyl adjacent to an activating group) is 1. The van der Waals surface area contributed by atoms with Crippen LogP contribution in [0, 0.1) is 5.82 Å². The van der Waals surface area contributed by atoms with Crippen LogP contribution in [-0.2, 0) is 0 Å². The van der Waals surface area contributed by atoms with Crippen LogP contribution in [0.4, 0.5) is 14.9 Å². The summed E-state index contributed by atoms with van der Waals surface area (Å²) in [6.45, 7) is 5.55. The number of urea groups is 1. The molecule has 1 aliphatic rings. The summed E-state index contributed by atoms with van der Waals surface area (Å²) in [4.78, 5) is 16.0. The summed E-state index contributed by atoms with van der Waals surface area (Å²) < 4.78 is 13.1.